The minimum Gasteiger partial charge on any atom is -0.398 e. The Labute approximate surface area is 104 Å². The van der Waals surface area contributed by atoms with Crippen LogP contribution in [0.2, 0.25) is 0 Å². The van der Waals surface area contributed by atoms with Gasteiger partial charge in [-0.25, -0.2) is 0 Å². The number of alkyl halides is 1. The van der Waals surface area contributed by atoms with Gasteiger partial charge < -0.3 is 5.73 Å². The van der Waals surface area contributed by atoms with Gasteiger partial charge >= 0.3 is 0 Å². The molecule has 0 atom stereocenters. The van der Waals surface area contributed by atoms with Gasteiger partial charge in [-0.15, -0.1) is 0 Å². The van der Waals surface area contributed by atoms with E-state index in [4.69, 9.17) is 5.73 Å². The molecule has 2 aromatic rings. The number of hydrogen-bond acceptors (Lipinski definition) is 1. The summed E-state index contributed by atoms with van der Waals surface area (Å²) >= 11 is 2.44. The van der Waals surface area contributed by atoms with Gasteiger partial charge in [0.15, 0.2) is 0 Å². The van der Waals surface area contributed by atoms with Gasteiger partial charge in [0.2, 0.25) is 0 Å². The van der Waals surface area contributed by atoms with E-state index in [-0.39, 0.29) is 3.42 Å². The molecule has 2 rings (SSSR count). The molecule has 0 fully saturated rings. The van der Waals surface area contributed by atoms with Crippen molar-refractivity contribution in [3.8, 4) is 0 Å². The largest absolute Gasteiger partial charge is 0.398 e. The molecule has 2 heteroatoms. The second-order valence-electron chi connectivity index (χ2n) is 4.22. The highest BCUT2D eigenvalue weighted by Crippen LogP contribution is 2.39. The zero-order chi connectivity index (χ0) is 11.1. The van der Waals surface area contributed by atoms with Crippen LogP contribution in [0.25, 0.3) is 10.8 Å². The van der Waals surface area contributed by atoms with E-state index < -0.39 is 0 Å². The summed E-state index contributed by atoms with van der Waals surface area (Å²) in [6.07, 6.45) is 0. The summed E-state index contributed by atoms with van der Waals surface area (Å²) in [5.41, 5.74) is 8.19. The Hall–Kier alpha value is -0.770. The van der Waals surface area contributed by atoms with Gasteiger partial charge in [-0.2, -0.15) is 0 Å². The molecular formula is C13H14IN. The number of hydrogen-bond donors (Lipinski definition) is 1. The van der Waals surface area contributed by atoms with Crippen molar-refractivity contribution in [1.82, 2.24) is 0 Å². The zero-order valence-corrected chi connectivity index (χ0v) is 11.1. The van der Waals surface area contributed by atoms with Crippen LogP contribution < -0.4 is 5.73 Å². The van der Waals surface area contributed by atoms with Gasteiger partial charge in [0, 0.05) is 9.11 Å². The number of halogens is 1. The van der Waals surface area contributed by atoms with Crippen LogP contribution in [0.4, 0.5) is 5.69 Å². The van der Waals surface area contributed by atoms with Crippen molar-refractivity contribution in [3.05, 3.63) is 42.0 Å². The average molecular weight is 311 g/mol. The van der Waals surface area contributed by atoms with Crippen molar-refractivity contribution in [2.24, 2.45) is 0 Å². The molecule has 0 saturated heterocycles. The number of nitrogen functional groups attached to an aromatic ring is 1. The maximum atomic E-state index is 6.07. The van der Waals surface area contributed by atoms with Crippen LogP contribution in [0, 0.1) is 0 Å². The van der Waals surface area contributed by atoms with Crippen molar-refractivity contribution in [2.75, 3.05) is 5.73 Å². The van der Waals surface area contributed by atoms with Crippen LogP contribution in [-0.2, 0) is 3.42 Å². The average Bonchev–Trinajstić information content (AvgIpc) is 2.15. The minimum atomic E-state index is 0.0582. The highest BCUT2D eigenvalue weighted by molar-refractivity contribution is 14.1. The van der Waals surface area contributed by atoms with Crippen LogP contribution in [0.1, 0.15) is 19.4 Å². The second kappa shape index (κ2) is 3.67. The summed E-state index contributed by atoms with van der Waals surface area (Å²) in [4.78, 5) is 0. The fraction of sp³-hybridized carbons (Fsp3) is 0.231. The summed E-state index contributed by atoms with van der Waals surface area (Å²) in [5.74, 6) is 0. The topological polar surface area (TPSA) is 26.0 Å². The van der Waals surface area contributed by atoms with Gasteiger partial charge in [-0.1, -0.05) is 52.9 Å². The molecule has 0 bridgehead atoms. The Kier molecular flexibility index (Phi) is 2.63. The molecule has 0 spiro atoms. The Morgan fingerprint density at radius 3 is 2.40 bits per heavy atom. The SMILES string of the molecule is CC(C)(I)c1c(N)ccc2ccccc12. The lowest BCUT2D eigenvalue weighted by Crippen LogP contribution is -2.10. The summed E-state index contributed by atoms with van der Waals surface area (Å²) in [6, 6.07) is 12.5. The predicted octanol–water partition coefficient (Wildman–Crippen LogP) is 4.09. The number of fused-ring (bicyclic) bond motifs is 1. The first kappa shape index (κ1) is 10.7. The van der Waals surface area contributed by atoms with E-state index in [0.29, 0.717) is 0 Å². The molecule has 0 heterocycles. The number of benzene rings is 2. The number of nitrogens with two attached hydrogens (primary N) is 1. The molecule has 0 saturated carbocycles. The Morgan fingerprint density at radius 2 is 1.73 bits per heavy atom. The van der Waals surface area contributed by atoms with Crippen LogP contribution in [0.5, 0.6) is 0 Å². The van der Waals surface area contributed by atoms with Crippen LogP contribution in [0.15, 0.2) is 36.4 Å². The molecule has 1 nitrogen and oxygen atoms in total. The molecule has 0 aromatic heterocycles. The maximum absolute atomic E-state index is 6.07. The Morgan fingerprint density at radius 1 is 1.07 bits per heavy atom. The molecule has 0 radical (unpaired) electrons. The highest BCUT2D eigenvalue weighted by Gasteiger charge is 2.21. The van der Waals surface area contributed by atoms with E-state index in [2.05, 4.69) is 66.8 Å². The van der Waals surface area contributed by atoms with E-state index in [1.807, 2.05) is 6.07 Å². The van der Waals surface area contributed by atoms with Crippen molar-refractivity contribution in [3.63, 3.8) is 0 Å². The lowest BCUT2D eigenvalue weighted by atomic mass is 9.94. The molecule has 0 aliphatic rings. The summed E-state index contributed by atoms with van der Waals surface area (Å²) < 4.78 is 0.0582. The first-order chi connectivity index (χ1) is 7.00. The standard InChI is InChI=1S/C13H14IN/c1-13(2,14)12-10-6-4-3-5-9(10)7-8-11(12)15/h3-8H,15H2,1-2H3. The molecule has 0 aliphatic heterocycles. The van der Waals surface area contributed by atoms with Crippen LogP contribution in [0.3, 0.4) is 0 Å². The number of rotatable bonds is 1. The van der Waals surface area contributed by atoms with E-state index in [1.165, 1.54) is 16.3 Å². The van der Waals surface area contributed by atoms with Gasteiger partial charge in [-0.3, -0.25) is 0 Å². The smallest absolute Gasteiger partial charge is 0.0440 e. The van der Waals surface area contributed by atoms with E-state index in [0.717, 1.165) is 5.69 Å². The quantitative estimate of drug-likeness (QED) is 0.479. The molecular weight excluding hydrogens is 297 g/mol. The lowest BCUT2D eigenvalue weighted by Gasteiger charge is -2.21. The summed E-state index contributed by atoms with van der Waals surface area (Å²) in [5, 5.41) is 2.52. The molecule has 78 valence electrons. The van der Waals surface area contributed by atoms with Gasteiger partial charge in [0.25, 0.3) is 0 Å². The highest BCUT2D eigenvalue weighted by atomic mass is 127. The first-order valence-electron chi connectivity index (χ1n) is 4.97. The van der Waals surface area contributed by atoms with E-state index in [9.17, 15) is 0 Å². The summed E-state index contributed by atoms with van der Waals surface area (Å²) in [7, 11) is 0. The van der Waals surface area contributed by atoms with Crippen molar-refractivity contribution in [1.29, 1.82) is 0 Å². The van der Waals surface area contributed by atoms with Crippen molar-refractivity contribution >= 4 is 39.1 Å². The molecule has 2 N–H and O–H groups in total. The second-order valence-corrected chi connectivity index (χ2v) is 6.92. The zero-order valence-electron chi connectivity index (χ0n) is 8.92. The third-order valence-corrected chi connectivity index (χ3v) is 3.10. The molecule has 0 amide bonds. The first-order valence-corrected chi connectivity index (χ1v) is 6.04. The van der Waals surface area contributed by atoms with Gasteiger partial charge in [0.1, 0.15) is 0 Å². The lowest BCUT2D eigenvalue weighted by molar-refractivity contribution is 0.839. The monoisotopic (exact) mass is 311 g/mol. The fourth-order valence-electron chi connectivity index (χ4n) is 1.95. The third kappa shape index (κ3) is 1.95. The predicted molar refractivity (Wildman–Crippen MR) is 75.4 cm³/mol. The molecule has 15 heavy (non-hydrogen) atoms. The van der Waals surface area contributed by atoms with Crippen molar-refractivity contribution in [2.45, 2.75) is 17.3 Å². The Balaban J connectivity index is 2.86. The molecule has 2 aromatic carbocycles. The summed E-state index contributed by atoms with van der Waals surface area (Å²) in [6.45, 7) is 4.37. The van der Waals surface area contributed by atoms with Crippen LogP contribution >= 0.6 is 22.6 Å². The minimum absolute atomic E-state index is 0.0582. The van der Waals surface area contributed by atoms with Crippen molar-refractivity contribution < 1.29 is 0 Å². The normalized spacial score (nSPS) is 11.9. The Bertz CT molecular complexity index is 497. The molecule has 0 aliphatic carbocycles. The van der Waals surface area contributed by atoms with E-state index in [1.54, 1.807) is 0 Å². The third-order valence-electron chi connectivity index (χ3n) is 2.56. The van der Waals surface area contributed by atoms with E-state index >= 15 is 0 Å². The maximum Gasteiger partial charge on any atom is 0.0440 e. The van der Waals surface area contributed by atoms with Crippen LogP contribution in [-0.4, -0.2) is 0 Å². The van der Waals surface area contributed by atoms with Gasteiger partial charge in [-0.05, 0) is 36.2 Å². The van der Waals surface area contributed by atoms with Gasteiger partial charge in [0.05, 0.1) is 0 Å². The number of anilines is 1. The molecule has 0 unspecified atom stereocenters. The fourth-order valence-corrected chi connectivity index (χ4v) is 2.55.